The van der Waals surface area contributed by atoms with E-state index in [2.05, 4.69) is 5.32 Å². The number of amides is 1. The van der Waals surface area contributed by atoms with E-state index in [1.165, 1.54) is 0 Å². The van der Waals surface area contributed by atoms with Crippen molar-refractivity contribution in [2.24, 2.45) is 0 Å². The Morgan fingerprint density at radius 2 is 1.91 bits per heavy atom. The first kappa shape index (κ1) is 16.6. The van der Waals surface area contributed by atoms with Gasteiger partial charge in [0.05, 0.1) is 13.2 Å². The highest BCUT2D eigenvalue weighted by molar-refractivity contribution is 5.69. The third-order valence-electron chi connectivity index (χ3n) is 3.63. The number of carbonyl (C=O) groups is 1. The molecule has 1 saturated heterocycles. The first-order chi connectivity index (χ1) is 10.4. The summed E-state index contributed by atoms with van der Waals surface area (Å²) in [5, 5.41) is 3.34. The normalized spacial score (nSPS) is 19.5. The van der Waals surface area contributed by atoms with Gasteiger partial charge in [0, 0.05) is 13.1 Å². The topological polar surface area (TPSA) is 50.8 Å². The minimum atomic E-state index is -0.485. The molecule has 5 nitrogen and oxygen atoms in total. The lowest BCUT2D eigenvalue weighted by molar-refractivity contribution is 0.0171. The van der Waals surface area contributed by atoms with Gasteiger partial charge in [-0.25, -0.2) is 4.79 Å². The summed E-state index contributed by atoms with van der Waals surface area (Å²) in [5.74, 6) is 0.819. The summed E-state index contributed by atoms with van der Waals surface area (Å²) < 4.78 is 10.8. The highest BCUT2D eigenvalue weighted by Crippen LogP contribution is 2.28. The molecule has 2 rings (SSSR count). The van der Waals surface area contributed by atoms with E-state index in [-0.39, 0.29) is 12.1 Å². The lowest BCUT2D eigenvalue weighted by atomic mass is 10.0. The van der Waals surface area contributed by atoms with Crippen molar-refractivity contribution in [3.05, 3.63) is 29.8 Å². The first-order valence-corrected chi connectivity index (χ1v) is 7.75. The van der Waals surface area contributed by atoms with E-state index in [0.29, 0.717) is 6.54 Å². The molecule has 0 radical (unpaired) electrons. The van der Waals surface area contributed by atoms with E-state index in [9.17, 15) is 4.79 Å². The third kappa shape index (κ3) is 4.37. The number of carbonyl (C=O) groups excluding carboxylic acids is 1. The predicted molar refractivity (Wildman–Crippen MR) is 86.2 cm³/mol. The highest BCUT2D eigenvalue weighted by Gasteiger charge is 2.30. The molecule has 1 atom stereocenters. The van der Waals surface area contributed by atoms with Crippen molar-refractivity contribution in [1.29, 1.82) is 0 Å². The quantitative estimate of drug-likeness (QED) is 0.912. The van der Waals surface area contributed by atoms with Crippen LogP contribution in [0.25, 0.3) is 0 Å². The van der Waals surface area contributed by atoms with Crippen LogP contribution < -0.4 is 10.1 Å². The van der Waals surface area contributed by atoms with Crippen molar-refractivity contribution in [2.75, 3.05) is 26.7 Å². The average Bonchev–Trinajstić information content (AvgIpc) is 2.71. The maximum atomic E-state index is 12.5. The van der Waals surface area contributed by atoms with Crippen LogP contribution in [0.5, 0.6) is 5.75 Å². The van der Waals surface area contributed by atoms with E-state index in [1.807, 2.05) is 49.9 Å². The van der Waals surface area contributed by atoms with E-state index in [4.69, 9.17) is 9.47 Å². The van der Waals surface area contributed by atoms with Gasteiger partial charge in [-0.05, 0) is 51.4 Å². The van der Waals surface area contributed by atoms with Crippen molar-refractivity contribution in [3.63, 3.8) is 0 Å². The molecule has 1 aliphatic heterocycles. The van der Waals surface area contributed by atoms with Gasteiger partial charge in [-0.15, -0.1) is 0 Å². The van der Waals surface area contributed by atoms with Crippen molar-refractivity contribution in [2.45, 2.75) is 38.8 Å². The third-order valence-corrected chi connectivity index (χ3v) is 3.63. The summed E-state index contributed by atoms with van der Waals surface area (Å²) >= 11 is 0. The molecule has 0 bridgehead atoms. The molecule has 1 fully saturated rings. The molecule has 1 aromatic carbocycles. The van der Waals surface area contributed by atoms with Gasteiger partial charge in [0.25, 0.3) is 0 Å². The van der Waals surface area contributed by atoms with Gasteiger partial charge in [0.1, 0.15) is 11.4 Å². The Morgan fingerprint density at radius 3 is 2.50 bits per heavy atom. The van der Waals surface area contributed by atoms with Gasteiger partial charge in [-0.1, -0.05) is 12.1 Å². The summed E-state index contributed by atoms with van der Waals surface area (Å²) in [7, 11) is 1.65. The largest absolute Gasteiger partial charge is 0.497 e. The number of nitrogens with one attached hydrogen (secondary N) is 1. The molecule has 0 aromatic heterocycles. The van der Waals surface area contributed by atoms with Gasteiger partial charge in [-0.3, -0.25) is 4.90 Å². The number of methoxy groups -OCH3 is 1. The Labute approximate surface area is 132 Å². The van der Waals surface area contributed by atoms with Crippen LogP contribution in [-0.2, 0) is 4.74 Å². The number of nitrogens with zero attached hydrogens (tertiary/aromatic N) is 1. The molecule has 1 N–H and O–H groups in total. The minimum Gasteiger partial charge on any atom is -0.497 e. The molecule has 1 amide bonds. The number of hydrogen-bond acceptors (Lipinski definition) is 4. The number of benzene rings is 1. The van der Waals surface area contributed by atoms with Gasteiger partial charge in [-0.2, -0.15) is 0 Å². The van der Waals surface area contributed by atoms with Crippen LogP contribution >= 0.6 is 0 Å². The van der Waals surface area contributed by atoms with Crippen molar-refractivity contribution >= 4 is 6.09 Å². The Kier molecular flexibility index (Phi) is 5.29. The summed E-state index contributed by atoms with van der Waals surface area (Å²) in [4.78, 5) is 14.4. The summed E-state index contributed by atoms with van der Waals surface area (Å²) in [6.45, 7) is 7.99. The predicted octanol–water partition coefficient (Wildman–Crippen LogP) is 2.97. The van der Waals surface area contributed by atoms with Crippen LogP contribution in [-0.4, -0.2) is 43.3 Å². The Morgan fingerprint density at radius 1 is 1.23 bits per heavy atom. The van der Waals surface area contributed by atoms with E-state index >= 15 is 0 Å². The smallest absolute Gasteiger partial charge is 0.410 e. The maximum Gasteiger partial charge on any atom is 0.410 e. The zero-order chi connectivity index (χ0) is 16.2. The van der Waals surface area contributed by atoms with Gasteiger partial charge in [0.15, 0.2) is 0 Å². The average molecular weight is 306 g/mol. The molecule has 0 saturated carbocycles. The monoisotopic (exact) mass is 306 g/mol. The zero-order valence-corrected chi connectivity index (χ0v) is 13.9. The van der Waals surface area contributed by atoms with Crippen LogP contribution in [0, 0.1) is 0 Å². The lowest BCUT2D eigenvalue weighted by Gasteiger charge is -2.32. The standard InChI is InChI=1S/C17H26N2O3/c1-17(2,3)22-16(20)19-12-11-18-10-9-15(19)13-5-7-14(21-4)8-6-13/h5-8,15,18H,9-12H2,1-4H3. The van der Waals surface area contributed by atoms with Gasteiger partial charge >= 0.3 is 6.09 Å². The fourth-order valence-corrected chi connectivity index (χ4v) is 2.59. The van der Waals surface area contributed by atoms with E-state index in [1.54, 1.807) is 7.11 Å². The molecular formula is C17H26N2O3. The Bertz CT molecular complexity index is 494. The molecular weight excluding hydrogens is 280 g/mol. The Hall–Kier alpha value is -1.75. The van der Waals surface area contributed by atoms with Crippen LogP contribution in [0.1, 0.15) is 38.8 Å². The van der Waals surface area contributed by atoms with Gasteiger partial charge < -0.3 is 14.8 Å². The lowest BCUT2D eigenvalue weighted by Crippen LogP contribution is -2.40. The first-order valence-electron chi connectivity index (χ1n) is 7.75. The van der Waals surface area contributed by atoms with Gasteiger partial charge in [0.2, 0.25) is 0 Å². The van der Waals surface area contributed by atoms with E-state index in [0.717, 1.165) is 30.8 Å². The molecule has 1 aromatic rings. The number of hydrogen-bond donors (Lipinski definition) is 1. The molecule has 122 valence electrons. The van der Waals surface area contributed by atoms with Crippen LogP contribution in [0.15, 0.2) is 24.3 Å². The molecule has 0 spiro atoms. The molecule has 1 aliphatic rings. The Balaban J connectivity index is 2.21. The van der Waals surface area contributed by atoms with Crippen molar-refractivity contribution in [3.8, 4) is 5.75 Å². The molecule has 1 heterocycles. The van der Waals surface area contributed by atoms with Crippen molar-refractivity contribution < 1.29 is 14.3 Å². The molecule has 1 unspecified atom stereocenters. The summed E-state index contributed by atoms with van der Waals surface area (Å²) in [6.07, 6.45) is 0.614. The van der Waals surface area contributed by atoms with Crippen molar-refractivity contribution in [1.82, 2.24) is 10.2 Å². The fourth-order valence-electron chi connectivity index (χ4n) is 2.59. The molecule has 5 heteroatoms. The number of ether oxygens (including phenoxy) is 2. The second-order valence-electron chi connectivity index (χ2n) is 6.50. The highest BCUT2D eigenvalue weighted by atomic mass is 16.6. The second kappa shape index (κ2) is 7.01. The maximum absolute atomic E-state index is 12.5. The van der Waals surface area contributed by atoms with Crippen LogP contribution in [0.4, 0.5) is 4.79 Å². The van der Waals surface area contributed by atoms with Crippen LogP contribution in [0.2, 0.25) is 0 Å². The fraction of sp³-hybridized carbons (Fsp3) is 0.588. The minimum absolute atomic E-state index is 0.0238. The number of rotatable bonds is 2. The molecule has 0 aliphatic carbocycles. The molecule has 22 heavy (non-hydrogen) atoms. The summed E-state index contributed by atoms with van der Waals surface area (Å²) in [5.41, 5.74) is 0.622. The SMILES string of the molecule is COc1ccc(C2CCNCCN2C(=O)OC(C)(C)C)cc1. The summed E-state index contributed by atoms with van der Waals surface area (Å²) in [6, 6.07) is 7.93. The second-order valence-corrected chi connectivity index (χ2v) is 6.50. The van der Waals surface area contributed by atoms with Crippen LogP contribution in [0.3, 0.4) is 0 Å². The van der Waals surface area contributed by atoms with E-state index < -0.39 is 5.60 Å². The zero-order valence-electron chi connectivity index (χ0n) is 13.9.